The summed E-state index contributed by atoms with van der Waals surface area (Å²) < 4.78 is 25.3. The summed E-state index contributed by atoms with van der Waals surface area (Å²) in [5, 5.41) is 7.30. The fourth-order valence-electron chi connectivity index (χ4n) is 2.97. The van der Waals surface area contributed by atoms with Crippen LogP contribution in [0.25, 0.3) is 22.4 Å². The molecule has 31 heavy (non-hydrogen) atoms. The van der Waals surface area contributed by atoms with E-state index in [0.717, 1.165) is 10.0 Å². The summed E-state index contributed by atoms with van der Waals surface area (Å²) in [6.45, 7) is 2.03. The zero-order valence-corrected chi connectivity index (χ0v) is 18.1. The highest BCUT2D eigenvalue weighted by Gasteiger charge is 2.20. The summed E-state index contributed by atoms with van der Waals surface area (Å²) >= 11 is 3.41. The highest BCUT2D eigenvalue weighted by Crippen LogP contribution is 2.33. The molecule has 0 unspecified atom stereocenters. The van der Waals surface area contributed by atoms with Crippen molar-refractivity contribution in [3.05, 3.63) is 70.2 Å². The molecule has 4 aromatic rings. The number of hydrogen-bond acceptors (Lipinski definition) is 6. The summed E-state index contributed by atoms with van der Waals surface area (Å²) in [4.78, 5) is 21.1. The lowest BCUT2D eigenvalue weighted by atomic mass is 10.1. The molecule has 0 spiro atoms. The Kier molecular flexibility index (Phi) is 6.22. The molecule has 0 fully saturated rings. The number of nitrogens with one attached hydrogen (secondary N) is 1. The lowest BCUT2D eigenvalue weighted by Crippen LogP contribution is -2.28. The van der Waals surface area contributed by atoms with Gasteiger partial charge in [-0.1, -0.05) is 40.1 Å². The maximum absolute atomic E-state index is 13.3. The third-order valence-electron chi connectivity index (χ3n) is 4.50. The molecule has 2 aromatic carbocycles. The minimum Gasteiger partial charge on any atom is -0.467 e. The second-order valence-electron chi connectivity index (χ2n) is 6.71. The first-order chi connectivity index (χ1) is 15.0. The second-order valence-corrected chi connectivity index (χ2v) is 7.63. The van der Waals surface area contributed by atoms with Gasteiger partial charge in [-0.15, -0.1) is 0 Å². The topological polar surface area (TPSA) is 90.1 Å². The first-order valence-electron chi connectivity index (χ1n) is 9.59. The smallest absolute Gasteiger partial charge is 0.265 e. The number of benzene rings is 2. The Hall–Kier alpha value is -3.33. The van der Waals surface area contributed by atoms with E-state index in [2.05, 4.69) is 36.4 Å². The Morgan fingerprint density at radius 1 is 1.19 bits per heavy atom. The quantitative estimate of drug-likeness (QED) is 0.416. The lowest BCUT2D eigenvalue weighted by molar-refractivity contribution is -0.123. The number of ether oxygens (including phenoxy) is 1. The molecular weight excluding hydrogens is 467 g/mol. The molecule has 0 aliphatic carbocycles. The van der Waals surface area contributed by atoms with Crippen molar-refractivity contribution in [3.8, 4) is 17.1 Å². The molecule has 0 aliphatic rings. The van der Waals surface area contributed by atoms with E-state index in [-0.39, 0.29) is 29.9 Å². The van der Waals surface area contributed by atoms with Crippen LogP contribution in [0, 0.1) is 5.82 Å². The van der Waals surface area contributed by atoms with Crippen LogP contribution in [0.2, 0.25) is 0 Å². The van der Waals surface area contributed by atoms with Crippen molar-refractivity contribution < 1.29 is 18.4 Å². The van der Waals surface area contributed by atoms with Gasteiger partial charge < -0.3 is 14.6 Å². The fraction of sp³-hybridized carbons (Fsp3) is 0.182. The number of nitrogens with zero attached hydrogens (tertiary/aromatic N) is 3. The van der Waals surface area contributed by atoms with Gasteiger partial charge in [-0.2, -0.15) is 9.97 Å². The molecule has 0 saturated carbocycles. The molecule has 1 N–H and O–H groups in total. The van der Waals surface area contributed by atoms with E-state index in [1.165, 1.54) is 12.1 Å². The Bertz CT molecular complexity index is 1230. The van der Waals surface area contributed by atoms with Gasteiger partial charge in [-0.05, 0) is 42.0 Å². The SMILES string of the molecule is CCc1nc(OCC(=O)NCc2cccc(Br)c2)c2c(-c3ccc(F)cc3)noc2n1. The van der Waals surface area contributed by atoms with Crippen molar-refractivity contribution in [2.45, 2.75) is 19.9 Å². The third kappa shape index (κ3) is 4.88. The zero-order valence-electron chi connectivity index (χ0n) is 16.6. The van der Waals surface area contributed by atoms with Gasteiger partial charge in [-0.3, -0.25) is 4.79 Å². The number of carbonyl (C=O) groups is 1. The maximum atomic E-state index is 13.3. The van der Waals surface area contributed by atoms with Crippen LogP contribution in [0.1, 0.15) is 18.3 Å². The van der Waals surface area contributed by atoms with Crippen molar-refractivity contribution in [1.82, 2.24) is 20.4 Å². The van der Waals surface area contributed by atoms with Gasteiger partial charge in [0.2, 0.25) is 5.88 Å². The summed E-state index contributed by atoms with van der Waals surface area (Å²) in [7, 11) is 0. The maximum Gasteiger partial charge on any atom is 0.265 e. The summed E-state index contributed by atoms with van der Waals surface area (Å²) in [6.07, 6.45) is 0.550. The van der Waals surface area contributed by atoms with Gasteiger partial charge in [0.25, 0.3) is 11.6 Å². The highest BCUT2D eigenvalue weighted by molar-refractivity contribution is 9.10. The predicted molar refractivity (Wildman–Crippen MR) is 116 cm³/mol. The van der Waals surface area contributed by atoms with E-state index in [1.807, 2.05) is 31.2 Å². The van der Waals surface area contributed by atoms with E-state index < -0.39 is 0 Å². The van der Waals surface area contributed by atoms with Crippen molar-refractivity contribution in [2.75, 3.05) is 6.61 Å². The van der Waals surface area contributed by atoms with Crippen LogP contribution < -0.4 is 10.1 Å². The van der Waals surface area contributed by atoms with E-state index in [9.17, 15) is 9.18 Å². The number of rotatable bonds is 7. The molecule has 0 aliphatic heterocycles. The van der Waals surface area contributed by atoms with Crippen molar-refractivity contribution >= 4 is 32.9 Å². The minimum absolute atomic E-state index is 0.194. The van der Waals surface area contributed by atoms with Crippen molar-refractivity contribution in [1.29, 1.82) is 0 Å². The van der Waals surface area contributed by atoms with Crippen LogP contribution in [0.4, 0.5) is 4.39 Å². The normalized spacial score (nSPS) is 10.9. The fourth-order valence-corrected chi connectivity index (χ4v) is 3.41. The molecule has 2 aromatic heterocycles. The standard InChI is InChI=1S/C22H18BrFN4O3/c1-2-17-26-21(30-12-18(29)25-11-13-4-3-5-15(23)10-13)19-20(28-31-22(19)27-17)14-6-8-16(24)9-7-14/h3-10H,2,11-12H2,1H3,(H,25,29). The van der Waals surface area contributed by atoms with Crippen molar-refractivity contribution in [3.63, 3.8) is 0 Å². The molecule has 9 heteroatoms. The van der Waals surface area contributed by atoms with Crippen molar-refractivity contribution in [2.24, 2.45) is 0 Å². The molecule has 158 valence electrons. The van der Waals surface area contributed by atoms with E-state index in [0.29, 0.717) is 35.4 Å². The van der Waals surface area contributed by atoms with E-state index >= 15 is 0 Å². The number of aryl methyl sites for hydroxylation is 1. The van der Waals surface area contributed by atoms with Crippen LogP contribution in [0.3, 0.4) is 0 Å². The monoisotopic (exact) mass is 484 g/mol. The van der Waals surface area contributed by atoms with Crippen LogP contribution in [-0.2, 0) is 17.8 Å². The summed E-state index contributed by atoms with van der Waals surface area (Å²) in [5.41, 5.74) is 2.24. The van der Waals surface area contributed by atoms with Crippen LogP contribution >= 0.6 is 15.9 Å². The number of carbonyl (C=O) groups excluding carboxylic acids is 1. The largest absolute Gasteiger partial charge is 0.467 e. The Balaban J connectivity index is 1.55. The molecule has 0 saturated heterocycles. The average Bonchev–Trinajstić information content (AvgIpc) is 3.20. The number of halogens is 2. The highest BCUT2D eigenvalue weighted by atomic mass is 79.9. The number of hydrogen-bond donors (Lipinski definition) is 1. The van der Waals surface area contributed by atoms with Crippen LogP contribution in [0.5, 0.6) is 5.88 Å². The number of aromatic nitrogens is 3. The average molecular weight is 485 g/mol. The van der Waals surface area contributed by atoms with Gasteiger partial charge in [0.15, 0.2) is 6.61 Å². The third-order valence-corrected chi connectivity index (χ3v) is 4.99. The molecule has 2 heterocycles. The summed E-state index contributed by atoms with van der Waals surface area (Å²) in [5.74, 6) is 0.0307. The van der Waals surface area contributed by atoms with E-state index in [1.54, 1.807) is 12.1 Å². The Labute approximate surface area is 185 Å². The molecule has 0 bridgehead atoms. The minimum atomic E-state index is -0.361. The molecule has 0 atom stereocenters. The number of fused-ring (bicyclic) bond motifs is 1. The predicted octanol–water partition coefficient (Wildman–Crippen LogP) is 4.44. The van der Waals surface area contributed by atoms with Gasteiger partial charge >= 0.3 is 0 Å². The molecule has 4 rings (SSSR count). The van der Waals surface area contributed by atoms with Crippen LogP contribution in [-0.4, -0.2) is 27.6 Å². The zero-order chi connectivity index (χ0) is 21.8. The second kappa shape index (κ2) is 9.22. The van der Waals surface area contributed by atoms with Gasteiger partial charge in [0, 0.05) is 23.0 Å². The first-order valence-corrected chi connectivity index (χ1v) is 10.4. The van der Waals surface area contributed by atoms with Gasteiger partial charge in [-0.25, -0.2) is 4.39 Å². The van der Waals surface area contributed by atoms with Crippen LogP contribution in [0.15, 0.2) is 57.5 Å². The Morgan fingerprint density at radius 3 is 2.74 bits per heavy atom. The summed E-state index contributed by atoms with van der Waals surface area (Å²) in [6, 6.07) is 13.5. The molecule has 1 amide bonds. The van der Waals surface area contributed by atoms with E-state index in [4.69, 9.17) is 9.26 Å². The Morgan fingerprint density at radius 2 is 2.00 bits per heavy atom. The first kappa shape index (κ1) is 20.9. The molecular formula is C22H18BrFN4O3. The molecule has 0 radical (unpaired) electrons. The number of amides is 1. The van der Waals surface area contributed by atoms with Gasteiger partial charge in [0.1, 0.15) is 22.7 Å². The van der Waals surface area contributed by atoms with Gasteiger partial charge in [0.05, 0.1) is 0 Å². The lowest BCUT2D eigenvalue weighted by Gasteiger charge is -2.09. The molecule has 7 nitrogen and oxygen atoms in total.